The van der Waals surface area contributed by atoms with Gasteiger partial charge in [0.05, 0.1) is 18.2 Å². The van der Waals surface area contributed by atoms with E-state index < -0.39 is 11.9 Å². The molecule has 2 amide bonds. The third kappa shape index (κ3) is 6.06. The number of nitrogens with two attached hydrogens (primary N) is 1. The SMILES string of the molecule is Cc1ccc(CC(=O)Nc2ccc(NC(=O)C(N)CS)cc2C(=O)c2ccccc2)cc1. The molecule has 0 fully saturated rings. The Morgan fingerprint density at radius 3 is 2.28 bits per heavy atom. The van der Waals surface area contributed by atoms with Crippen molar-refractivity contribution in [1.29, 1.82) is 0 Å². The van der Waals surface area contributed by atoms with E-state index in [1.54, 1.807) is 42.5 Å². The predicted molar refractivity (Wildman–Crippen MR) is 130 cm³/mol. The quantitative estimate of drug-likeness (QED) is 0.313. The summed E-state index contributed by atoms with van der Waals surface area (Å²) in [5, 5.41) is 5.52. The van der Waals surface area contributed by atoms with E-state index in [2.05, 4.69) is 23.3 Å². The minimum atomic E-state index is -0.777. The molecule has 32 heavy (non-hydrogen) atoms. The molecule has 3 aromatic rings. The minimum Gasteiger partial charge on any atom is -0.325 e. The van der Waals surface area contributed by atoms with E-state index in [1.165, 1.54) is 0 Å². The lowest BCUT2D eigenvalue weighted by Gasteiger charge is -2.15. The molecule has 0 aliphatic rings. The number of rotatable bonds is 8. The summed E-state index contributed by atoms with van der Waals surface area (Å²) < 4.78 is 0. The fraction of sp³-hybridized carbons (Fsp3) is 0.160. The van der Waals surface area contributed by atoms with Gasteiger partial charge >= 0.3 is 0 Å². The summed E-state index contributed by atoms with van der Waals surface area (Å²) in [4.78, 5) is 38.0. The summed E-state index contributed by atoms with van der Waals surface area (Å²) >= 11 is 4.03. The number of anilines is 2. The Hall–Kier alpha value is -3.42. The number of aryl methyl sites for hydroxylation is 1. The lowest BCUT2D eigenvalue weighted by Crippen LogP contribution is -2.37. The van der Waals surface area contributed by atoms with E-state index in [1.807, 2.05) is 37.3 Å². The van der Waals surface area contributed by atoms with Crippen LogP contribution in [-0.2, 0) is 16.0 Å². The zero-order chi connectivity index (χ0) is 23.1. The first kappa shape index (κ1) is 23.2. The summed E-state index contributed by atoms with van der Waals surface area (Å²) in [5.74, 6) is -0.737. The smallest absolute Gasteiger partial charge is 0.242 e. The van der Waals surface area contributed by atoms with Crippen LogP contribution in [0.2, 0.25) is 0 Å². The molecular formula is C25H25N3O3S. The molecule has 3 aromatic carbocycles. The van der Waals surface area contributed by atoms with Crippen molar-refractivity contribution in [3.63, 3.8) is 0 Å². The molecule has 0 radical (unpaired) electrons. The number of carbonyl (C=O) groups is 3. The van der Waals surface area contributed by atoms with Crippen molar-refractivity contribution in [2.24, 2.45) is 5.73 Å². The Kier molecular flexibility index (Phi) is 7.81. The summed E-state index contributed by atoms with van der Waals surface area (Å²) in [6.45, 7) is 1.98. The van der Waals surface area contributed by atoms with Crippen LogP contribution in [-0.4, -0.2) is 29.4 Å². The van der Waals surface area contributed by atoms with Gasteiger partial charge in [0.25, 0.3) is 0 Å². The van der Waals surface area contributed by atoms with Gasteiger partial charge in [-0.25, -0.2) is 0 Å². The normalized spacial score (nSPS) is 11.5. The fourth-order valence-corrected chi connectivity index (χ4v) is 3.23. The second kappa shape index (κ2) is 10.7. The third-order valence-corrected chi connectivity index (χ3v) is 5.25. The average Bonchev–Trinajstić information content (AvgIpc) is 2.81. The first-order chi connectivity index (χ1) is 15.4. The highest BCUT2D eigenvalue weighted by molar-refractivity contribution is 7.80. The Labute approximate surface area is 192 Å². The van der Waals surface area contributed by atoms with Crippen LogP contribution in [0.4, 0.5) is 11.4 Å². The highest BCUT2D eigenvalue weighted by atomic mass is 32.1. The Morgan fingerprint density at radius 1 is 0.938 bits per heavy atom. The third-order valence-electron chi connectivity index (χ3n) is 4.86. The molecule has 0 aromatic heterocycles. The number of carbonyl (C=O) groups excluding carboxylic acids is 3. The molecule has 0 aliphatic carbocycles. The van der Waals surface area contributed by atoms with E-state index in [-0.39, 0.29) is 29.4 Å². The first-order valence-electron chi connectivity index (χ1n) is 10.1. The monoisotopic (exact) mass is 447 g/mol. The number of thiol groups is 1. The molecule has 0 spiro atoms. The van der Waals surface area contributed by atoms with Crippen molar-refractivity contribution < 1.29 is 14.4 Å². The van der Waals surface area contributed by atoms with E-state index in [0.29, 0.717) is 16.9 Å². The van der Waals surface area contributed by atoms with Crippen LogP contribution in [0.5, 0.6) is 0 Å². The number of nitrogens with one attached hydrogen (secondary N) is 2. The highest BCUT2D eigenvalue weighted by Crippen LogP contribution is 2.24. The topological polar surface area (TPSA) is 101 Å². The van der Waals surface area contributed by atoms with Gasteiger partial charge in [-0.15, -0.1) is 0 Å². The molecule has 7 heteroatoms. The van der Waals surface area contributed by atoms with E-state index >= 15 is 0 Å². The van der Waals surface area contributed by atoms with Crippen LogP contribution in [0.25, 0.3) is 0 Å². The summed E-state index contributed by atoms with van der Waals surface area (Å²) in [6.07, 6.45) is 0.175. The van der Waals surface area contributed by atoms with Crippen molar-refractivity contribution in [2.45, 2.75) is 19.4 Å². The molecule has 1 unspecified atom stereocenters. The first-order valence-corrected chi connectivity index (χ1v) is 10.8. The van der Waals surface area contributed by atoms with Crippen LogP contribution in [0.3, 0.4) is 0 Å². The molecule has 4 N–H and O–H groups in total. The molecule has 1 atom stereocenters. The van der Waals surface area contributed by atoms with Crippen LogP contribution in [0, 0.1) is 6.92 Å². The van der Waals surface area contributed by atoms with Gasteiger partial charge in [-0.05, 0) is 30.7 Å². The van der Waals surface area contributed by atoms with Crippen molar-refractivity contribution >= 4 is 41.6 Å². The number of hydrogen-bond acceptors (Lipinski definition) is 5. The Morgan fingerprint density at radius 2 is 1.62 bits per heavy atom. The molecule has 0 aliphatic heterocycles. The van der Waals surface area contributed by atoms with Gasteiger partial charge < -0.3 is 16.4 Å². The molecular weight excluding hydrogens is 422 g/mol. The molecule has 0 saturated heterocycles. The van der Waals surface area contributed by atoms with Crippen LogP contribution in [0.1, 0.15) is 27.0 Å². The van der Waals surface area contributed by atoms with Crippen LogP contribution in [0.15, 0.2) is 72.8 Å². The molecule has 3 rings (SSSR count). The van der Waals surface area contributed by atoms with Gasteiger partial charge in [0.2, 0.25) is 11.8 Å². The van der Waals surface area contributed by atoms with Gasteiger partial charge in [0.15, 0.2) is 5.78 Å². The summed E-state index contributed by atoms with van der Waals surface area (Å²) in [7, 11) is 0. The molecule has 0 saturated carbocycles. The molecule has 0 heterocycles. The lowest BCUT2D eigenvalue weighted by molar-refractivity contribution is -0.117. The Bertz CT molecular complexity index is 1120. The lowest BCUT2D eigenvalue weighted by atomic mass is 10.0. The number of benzene rings is 3. The summed E-state index contributed by atoms with van der Waals surface area (Å²) in [6, 6.07) is 20.4. The largest absolute Gasteiger partial charge is 0.325 e. The van der Waals surface area contributed by atoms with E-state index in [0.717, 1.165) is 11.1 Å². The molecule has 0 bridgehead atoms. The zero-order valence-corrected chi connectivity index (χ0v) is 18.6. The van der Waals surface area contributed by atoms with Gasteiger partial charge in [0.1, 0.15) is 0 Å². The van der Waals surface area contributed by atoms with Gasteiger partial charge in [-0.2, -0.15) is 12.6 Å². The van der Waals surface area contributed by atoms with Gasteiger partial charge in [-0.1, -0.05) is 60.2 Å². The van der Waals surface area contributed by atoms with Crippen LogP contribution >= 0.6 is 12.6 Å². The zero-order valence-electron chi connectivity index (χ0n) is 17.7. The number of hydrogen-bond donors (Lipinski definition) is 4. The summed E-state index contributed by atoms with van der Waals surface area (Å²) in [5.41, 5.74) is 9.21. The second-order valence-corrected chi connectivity index (χ2v) is 7.81. The maximum absolute atomic E-state index is 13.2. The van der Waals surface area contributed by atoms with E-state index in [9.17, 15) is 14.4 Å². The van der Waals surface area contributed by atoms with Crippen molar-refractivity contribution in [3.8, 4) is 0 Å². The van der Waals surface area contributed by atoms with Crippen molar-refractivity contribution in [2.75, 3.05) is 16.4 Å². The predicted octanol–water partition coefficient (Wildman–Crippen LogP) is 3.60. The second-order valence-electron chi connectivity index (χ2n) is 7.44. The number of amides is 2. The fourth-order valence-electron chi connectivity index (χ4n) is 3.07. The van der Waals surface area contributed by atoms with Crippen molar-refractivity contribution in [3.05, 3.63) is 95.1 Å². The van der Waals surface area contributed by atoms with Crippen LogP contribution < -0.4 is 16.4 Å². The van der Waals surface area contributed by atoms with Gasteiger partial charge in [-0.3, -0.25) is 14.4 Å². The highest BCUT2D eigenvalue weighted by Gasteiger charge is 2.18. The maximum atomic E-state index is 13.2. The standard InChI is InChI=1S/C25H25N3O3S/c1-16-7-9-17(10-8-16)13-23(29)28-22-12-11-19(27-25(31)21(26)15-32)14-20(22)24(30)18-5-3-2-4-6-18/h2-12,14,21,32H,13,15,26H2,1H3,(H,27,31)(H,28,29). The molecule has 164 valence electrons. The van der Waals surface area contributed by atoms with Crippen molar-refractivity contribution in [1.82, 2.24) is 0 Å². The maximum Gasteiger partial charge on any atom is 0.242 e. The average molecular weight is 448 g/mol. The molecule has 6 nitrogen and oxygen atoms in total. The minimum absolute atomic E-state index is 0.175. The van der Waals surface area contributed by atoms with E-state index in [4.69, 9.17) is 5.73 Å². The Balaban J connectivity index is 1.88. The number of ketones is 1. The van der Waals surface area contributed by atoms with Gasteiger partial charge in [0, 0.05) is 22.6 Å².